The molecular weight excluding hydrogens is 226 g/mol. The first-order valence-electron chi connectivity index (χ1n) is 5.71. The van der Waals surface area contributed by atoms with Crippen LogP contribution < -0.4 is 0 Å². The summed E-state index contributed by atoms with van der Waals surface area (Å²) in [5, 5.41) is 0. The van der Waals surface area contributed by atoms with Gasteiger partial charge in [-0.15, -0.1) is 0 Å². The van der Waals surface area contributed by atoms with Crippen molar-refractivity contribution in [1.82, 2.24) is 4.90 Å². The van der Waals surface area contributed by atoms with E-state index in [2.05, 4.69) is 0 Å². The van der Waals surface area contributed by atoms with Gasteiger partial charge in [0.15, 0.2) is 0 Å². The third kappa shape index (κ3) is 2.69. The molecule has 0 aliphatic rings. The van der Waals surface area contributed by atoms with Gasteiger partial charge < -0.3 is 9.32 Å². The van der Waals surface area contributed by atoms with E-state index in [9.17, 15) is 4.79 Å². The maximum atomic E-state index is 12.2. The van der Waals surface area contributed by atoms with Crippen LogP contribution in [0, 0.1) is 0 Å². The SMILES string of the molecule is CN(C)C(=O)/C(=C/c1ccco1)c1ccccc1. The van der Waals surface area contributed by atoms with Crippen molar-refractivity contribution >= 4 is 17.6 Å². The van der Waals surface area contributed by atoms with E-state index in [-0.39, 0.29) is 5.91 Å². The van der Waals surface area contributed by atoms with Crippen molar-refractivity contribution in [3.05, 3.63) is 60.1 Å². The van der Waals surface area contributed by atoms with Crippen LogP contribution in [-0.2, 0) is 4.79 Å². The minimum Gasteiger partial charge on any atom is -0.465 e. The fraction of sp³-hybridized carbons (Fsp3) is 0.133. The van der Waals surface area contributed by atoms with Gasteiger partial charge in [-0.2, -0.15) is 0 Å². The largest absolute Gasteiger partial charge is 0.465 e. The smallest absolute Gasteiger partial charge is 0.254 e. The summed E-state index contributed by atoms with van der Waals surface area (Å²) in [4.78, 5) is 13.7. The Morgan fingerprint density at radius 1 is 1.11 bits per heavy atom. The van der Waals surface area contributed by atoms with E-state index in [1.807, 2.05) is 36.4 Å². The number of rotatable bonds is 3. The van der Waals surface area contributed by atoms with Crippen molar-refractivity contribution in [2.75, 3.05) is 14.1 Å². The number of likely N-dealkylation sites (N-methyl/N-ethyl adjacent to an activating group) is 1. The zero-order chi connectivity index (χ0) is 13.0. The first-order valence-corrected chi connectivity index (χ1v) is 5.71. The third-order valence-corrected chi connectivity index (χ3v) is 2.55. The summed E-state index contributed by atoms with van der Waals surface area (Å²) >= 11 is 0. The summed E-state index contributed by atoms with van der Waals surface area (Å²) in [5.74, 6) is 0.627. The lowest BCUT2D eigenvalue weighted by atomic mass is 10.0. The molecule has 18 heavy (non-hydrogen) atoms. The zero-order valence-electron chi connectivity index (χ0n) is 10.5. The van der Waals surface area contributed by atoms with Crippen molar-refractivity contribution in [3.63, 3.8) is 0 Å². The van der Waals surface area contributed by atoms with Crippen molar-refractivity contribution in [2.24, 2.45) is 0 Å². The van der Waals surface area contributed by atoms with E-state index >= 15 is 0 Å². The van der Waals surface area contributed by atoms with Crippen LogP contribution in [0.2, 0.25) is 0 Å². The molecule has 2 rings (SSSR count). The summed E-state index contributed by atoms with van der Waals surface area (Å²) in [6.45, 7) is 0. The molecule has 1 aromatic carbocycles. The number of carbonyl (C=O) groups is 1. The van der Waals surface area contributed by atoms with E-state index in [1.165, 1.54) is 0 Å². The van der Waals surface area contributed by atoms with Crippen LogP contribution in [0.5, 0.6) is 0 Å². The van der Waals surface area contributed by atoms with Crippen LogP contribution in [-0.4, -0.2) is 24.9 Å². The van der Waals surface area contributed by atoms with Gasteiger partial charge in [-0.05, 0) is 23.8 Å². The highest BCUT2D eigenvalue weighted by atomic mass is 16.3. The van der Waals surface area contributed by atoms with Gasteiger partial charge in [0.2, 0.25) is 0 Å². The lowest BCUT2D eigenvalue weighted by molar-refractivity contribution is -0.122. The fourth-order valence-corrected chi connectivity index (χ4v) is 1.64. The summed E-state index contributed by atoms with van der Waals surface area (Å²) in [6, 6.07) is 13.2. The number of furan rings is 1. The average molecular weight is 241 g/mol. The van der Waals surface area contributed by atoms with E-state index in [4.69, 9.17) is 4.42 Å². The molecule has 1 heterocycles. The molecule has 0 aliphatic heterocycles. The molecule has 0 unspecified atom stereocenters. The van der Waals surface area contributed by atoms with Crippen molar-refractivity contribution in [1.29, 1.82) is 0 Å². The Kier molecular flexibility index (Phi) is 3.63. The topological polar surface area (TPSA) is 33.5 Å². The minimum absolute atomic E-state index is 0.0439. The Morgan fingerprint density at radius 3 is 2.39 bits per heavy atom. The maximum absolute atomic E-state index is 12.2. The van der Waals surface area contributed by atoms with Crippen molar-refractivity contribution < 1.29 is 9.21 Å². The molecule has 3 heteroatoms. The Balaban J connectivity index is 2.45. The van der Waals surface area contributed by atoms with Gasteiger partial charge in [-0.3, -0.25) is 4.79 Å². The standard InChI is InChI=1S/C15H15NO2/c1-16(2)15(17)14(11-13-9-6-10-18-13)12-7-4-3-5-8-12/h3-11H,1-2H3/b14-11+. The summed E-state index contributed by atoms with van der Waals surface area (Å²) in [7, 11) is 3.47. The Labute approximate surface area is 106 Å². The first-order chi connectivity index (χ1) is 8.68. The number of nitrogens with zero attached hydrogens (tertiary/aromatic N) is 1. The molecule has 0 N–H and O–H groups in total. The molecule has 0 spiro atoms. The Morgan fingerprint density at radius 2 is 1.83 bits per heavy atom. The lowest BCUT2D eigenvalue weighted by Crippen LogP contribution is -2.22. The highest BCUT2D eigenvalue weighted by molar-refractivity contribution is 6.23. The number of benzene rings is 1. The number of amides is 1. The molecule has 0 atom stereocenters. The Hall–Kier alpha value is -2.29. The Bertz CT molecular complexity index is 539. The summed E-state index contributed by atoms with van der Waals surface area (Å²) < 4.78 is 5.27. The van der Waals surface area contributed by atoms with Gasteiger partial charge in [0.25, 0.3) is 5.91 Å². The minimum atomic E-state index is -0.0439. The molecule has 0 radical (unpaired) electrons. The van der Waals surface area contributed by atoms with Gasteiger partial charge >= 0.3 is 0 Å². The summed E-state index contributed by atoms with van der Waals surface area (Å²) in [6.07, 6.45) is 3.35. The normalized spacial score (nSPS) is 11.3. The maximum Gasteiger partial charge on any atom is 0.254 e. The van der Waals surface area contributed by atoms with Gasteiger partial charge in [0.1, 0.15) is 5.76 Å². The second-order valence-electron chi connectivity index (χ2n) is 4.14. The summed E-state index contributed by atoms with van der Waals surface area (Å²) in [5.41, 5.74) is 1.50. The van der Waals surface area contributed by atoms with Crippen LogP contribution in [0.3, 0.4) is 0 Å². The molecule has 3 nitrogen and oxygen atoms in total. The zero-order valence-corrected chi connectivity index (χ0v) is 10.5. The number of hydrogen-bond donors (Lipinski definition) is 0. The molecule has 0 saturated heterocycles. The predicted molar refractivity (Wildman–Crippen MR) is 71.7 cm³/mol. The molecule has 92 valence electrons. The molecule has 0 saturated carbocycles. The quantitative estimate of drug-likeness (QED) is 0.774. The van der Waals surface area contributed by atoms with E-state index in [0.717, 1.165) is 5.56 Å². The van der Waals surface area contributed by atoms with Crippen molar-refractivity contribution in [3.8, 4) is 0 Å². The molecule has 2 aromatic rings. The first kappa shape index (κ1) is 12.2. The highest BCUT2D eigenvalue weighted by Gasteiger charge is 2.14. The van der Waals surface area contributed by atoms with Gasteiger partial charge in [0, 0.05) is 14.1 Å². The van der Waals surface area contributed by atoms with Crippen LogP contribution in [0.15, 0.2) is 53.1 Å². The lowest BCUT2D eigenvalue weighted by Gasteiger charge is -2.13. The average Bonchev–Trinajstić information content (AvgIpc) is 2.89. The number of hydrogen-bond acceptors (Lipinski definition) is 2. The predicted octanol–water partition coefficient (Wildman–Crippen LogP) is 2.91. The molecule has 0 fully saturated rings. The molecule has 1 aromatic heterocycles. The number of carbonyl (C=O) groups excluding carboxylic acids is 1. The molecule has 1 amide bonds. The third-order valence-electron chi connectivity index (χ3n) is 2.55. The molecule has 0 aliphatic carbocycles. The van der Waals surface area contributed by atoms with Gasteiger partial charge in [-0.25, -0.2) is 0 Å². The fourth-order valence-electron chi connectivity index (χ4n) is 1.64. The van der Waals surface area contributed by atoms with Gasteiger partial charge in [0.05, 0.1) is 11.8 Å². The van der Waals surface area contributed by atoms with Crippen LogP contribution >= 0.6 is 0 Å². The molecular formula is C15H15NO2. The molecule has 0 bridgehead atoms. The van der Waals surface area contributed by atoms with E-state index in [0.29, 0.717) is 11.3 Å². The second kappa shape index (κ2) is 5.36. The van der Waals surface area contributed by atoms with Crippen LogP contribution in [0.25, 0.3) is 11.6 Å². The van der Waals surface area contributed by atoms with E-state index < -0.39 is 0 Å². The van der Waals surface area contributed by atoms with Crippen LogP contribution in [0.1, 0.15) is 11.3 Å². The van der Waals surface area contributed by atoms with Gasteiger partial charge in [-0.1, -0.05) is 30.3 Å². The van der Waals surface area contributed by atoms with Crippen molar-refractivity contribution in [2.45, 2.75) is 0 Å². The van der Waals surface area contributed by atoms with Crippen LogP contribution in [0.4, 0.5) is 0 Å². The monoisotopic (exact) mass is 241 g/mol. The van der Waals surface area contributed by atoms with E-state index in [1.54, 1.807) is 37.4 Å². The highest BCUT2D eigenvalue weighted by Crippen LogP contribution is 2.20. The second-order valence-corrected chi connectivity index (χ2v) is 4.14.